The van der Waals surface area contributed by atoms with Gasteiger partial charge in [0.05, 0.1) is 0 Å². The number of hydrogen-bond donors (Lipinski definition) is 3. The lowest BCUT2D eigenvalue weighted by molar-refractivity contribution is -0.137. The van der Waals surface area contributed by atoms with E-state index < -0.39 is 18.1 Å². The second-order valence-corrected chi connectivity index (χ2v) is 9.64. The summed E-state index contributed by atoms with van der Waals surface area (Å²) < 4.78 is 5.24. The van der Waals surface area contributed by atoms with E-state index in [1.807, 2.05) is 18.2 Å². The summed E-state index contributed by atoms with van der Waals surface area (Å²) in [7, 11) is 3.20. The van der Waals surface area contributed by atoms with Crippen molar-refractivity contribution in [2.45, 2.75) is 38.1 Å². The third-order valence-corrected chi connectivity index (χ3v) is 6.34. The van der Waals surface area contributed by atoms with Crippen molar-refractivity contribution in [3.63, 3.8) is 0 Å². The van der Waals surface area contributed by atoms with E-state index in [1.165, 1.54) is 16.9 Å². The van der Waals surface area contributed by atoms with Gasteiger partial charge in [0.2, 0.25) is 17.8 Å². The van der Waals surface area contributed by atoms with Gasteiger partial charge in [0, 0.05) is 40.2 Å². The standard InChI is InChI=1S/C28H35N7O4/c1-34(2)28(38)39-22-13-11-21(12-14-22)19-23(24(36)37)30-26-31-25(29-16-15-20-9-5-3-6-10-20)32-27(33-26)35-17-7-4-8-18-35/h3,5-6,9-14,23H,4,7-8,15-19H2,1-2H3,(H,36,37)(H2,29,30,31,32,33)/t23-/m0/s1. The van der Waals surface area contributed by atoms with Crippen LogP contribution in [0, 0.1) is 0 Å². The molecule has 0 aliphatic carbocycles. The zero-order valence-electron chi connectivity index (χ0n) is 22.3. The van der Waals surface area contributed by atoms with E-state index in [0.717, 1.165) is 37.9 Å². The predicted octanol–water partition coefficient (Wildman–Crippen LogP) is 3.68. The van der Waals surface area contributed by atoms with E-state index in [-0.39, 0.29) is 12.4 Å². The lowest BCUT2D eigenvalue weighted by Crippen LogP contribution is -2.34. The number of anilines is 3. The zero-order chi connectivity index (χ0) is 27.6. The van der Waals surface area contributed by atoms with E-state index in [1.54, 1.807) is 38.4 Å². The van der Waals surface area contributed by atoms with Crippen LogP contribution in [-0.2, 0) is 17.6 Å². The minimum atomic E-state index is -1.03. The van der Waals surface area contributed by atoms with E-state index >= 15 is 0 Å². The molecule has 11 nitrogen and oxygen atoms in total. The van der Waals surface area contributed by atoms with Gasteiger partial charge < -0.3 is 30.3 Å². The Morgan fingerprint density at radius 3 is 2.31 bits per heavy atom. The first-order valence-electron chi connectivity index (χ1n) is 13.1. The number of carbonyl (C=O) groups excluding carboxylic acids is 1. The number of aromatic nitrogens is 3. The van der Waals surface area contributed by atoms with Crippen LogP contribution in [0.15, 0.2) is 54.6 Å². The molecule has 3 aromatic rings. The molecule has 1 aliphatic heterocycles. The third-order valence-electron chi connectivity index (χ3n) is 6.34. The van der Waals surface area contributed by atoms with Gasteiger partial charge in [-0.15, -0.1) is 0 Å². The van der Waals surface area contributed by atoms with Crippen LogP contribution in [0.2, 0.25) is 0 Å². The van der Waals surface area contributed by atoms with Gasteiger partial charge in [-0.25, -0.2) is 9.59 Å². The largest absolute Gasteiger partial charge is 0.480 e. The van der Waals surface area contributed by atoms with Gasteiger partial charge in [0.15, 0.2) is 0 Å². The van der Waals surface area contributed by atoms with Crippen molar-refractivity contribution in [3.8, 4) is 5.75 Å². The van der Waals surface area contributed by atoms with Crippen LogP contribution in [0.1, 0.15) is 30.4 Å². The first kappa shape index (κ1) is 27.6. The predicted molar refractivity (Wildman–Crippen MR) is 149 cm³/mol. The van der Waals surface area contributed by atoms with Crippen LogP contribution in [0.25, 0.3) is 0 Å². The molecule has 2 aromatic carbocycles. The highest BCUT2D eigenvalue weighted by atomic mass is 16.6. The SMILES string of the molecule is CN(C)C(=O)Oc1ccc(C[C@H](Nc2nc(NCCc3ccccc3)nc(N3CCCCC3)n2)C(=O)O)cc1. The molecule has 0 spiro atoms. The monoisotopic (exact) mass is 533 g/mol. The number of ether oxygens (including phenoxy) is 1. The molecule has 0 bridgehead atoms. The Kier molecular flexibility index (Phi) is 9.49. The number of benzene rings is 2. The second kappa shape index (κ2) is 13.4. The van der Waals surface area contributed by atoms with Crippen LogP contribution in [0.5, 0.6) is 5.75 Å². The summed E-state index contributed by atoms with van der Waals surface area (Å²) in [5, 5.41) is 16.2. The maximum absolute atomic E-state index is 12.2. The summed E-state index contributed by atoms with van der Waals surface area (Å²) in [6, 6.07) is 15.9. The molecule has 11 heteroatoms. The maximum atomic E-state index is 12.2. The molecule has 4 rings (SSSR count). The summed E-state index contributed by atoms with van der Waals surface area (Å²) in [5.41, 5.74) is 1.95. The van der Waals surface area contributed by atoms with Gasteiger partial charge in [-0.2, -0.15) is 15.0 Å². The molecule has 206 valence electrons. The minimum Gasteiger partial charge on any atom is -0.480 e. The number of amides is 1. The van der Waals surface area contributed by atoms with E-state index in [4.69, 9.17) is 4.74 Å². The fourth-order valence-corrected chi connectivity index (χ4v) is 4.18. The fourth-order valence-electron chi connectivity index (χ4n) is 4.18. The second-order valence-electron chi connectivity index (χ2n) is 9.64. The summed E-state index contributed by atoms with van der Waals surface area (Å²) in [6.45, 7) is 2.32. The molecular weight excluding hydrogens is 498 g/mol. The molecule has 1 saturated heterocycles. The van der Waals surface area contributed by atoms with Crippen LogP contribution < -0.4 is 20.3 Å². The minimum absolute atomic E-state index is 0.179. The number of aliphatic carboxylic acids is 1. The third kappa shape index (κ3) is 8.29. The number of carboxylic acid groups (broad SMARTS) is 1. The Hall–Kier alpha value is -4.41. The number of carboxylic acids is 1. The van der Waals surface area contributed by atoms with Gasteiger partial charge in [-0.3, -0.25) is 0 Å². The molecule has 1 aliphatic rings. The molecular formula is C28H35N7O4. The smallest absolute Gasteiger partial charge is 0.414 e. The number of hydrogen-bond acceptors (Lipinski definition) is 9. The molecule has 1 amide bonds. The quantitative estimate of drug-likeness (QED) is 0.335. The first-order chi connectivity index (χ1) is 18.9. The van der Waals surface area contributed by atoms with Gasteiger partial charge in [0.25, 0.3) is 0 Å². The number of rotatable bonds is 11. The molecule has 0 radical (unpaired) electrons. The molecule has 39 heavy (non-hydrogen) atoms. The van der Waals surface area contributed by atoms with E-state index in [2.05, 4.69) is 42.6 Å². The zero-order valence-corrected chi connectivity index (χ0v) is 22.3. The highest BCUT2D eigenvalue weighted by Gasteiger charge is 2.22. The Labute approximate surface area is 228 Å². The lowest BCUT2D eigenvalue weighted by atomic mass is 10.1. The van der Waals surface area contributed by atoms with Gasteiger partial charge in [-0.05, 0) is 48.9 Å². The lowest BCUT2D eigenvalue weighted by Gasteiger charge is -2.27. The van der Waals surface area contributed by atoms with Crippen LogP contribution in [-0.4, -0.2) is 76.8 Å². The Morgan fingerprint density at radius 2 is 1.64 bits per heavy atom. The molecule has 0 unspecified atom stereocenters. The van der Waals surface area contributed by atoms with Crippen molar-refractivity contribution in [1.82, 2.24) is 19.9 Å². The first-order valence-corrected chi connectivity index (χ1v) is 13.1. The highest BCUT2D eigenvalue weighted by molar-refractivity contribution is 5.77. The van der Waals surface area contributed by atoms with Crippen LogP contribution >= 0.6 is 0 Å². The summed E-state index contributed by atoms with van der Waals surface area (Å²) in [5.74, 6) is 0.492. The van der Waals surface area contributed by atoms with E-state index in [9.17, 15) is 14.7 Å². The molecule has 0 saturated carbocycles. The van der Waals surface area contributed by atoms with Crippen molar-refractivity contribution in [1.29, 1.82) is 0 Å². The number of piperidine rings is 1. The van der Waals surface area contributed by atoms with Gasteiger partial charge >= 0.3 is 12.1 Å². The number of carbonyl (C=O) groups is 2. The summed E-state index contributed by atoms with van der Waals surface area (Å²) in [4.78, 5) is 41.1. The Morgan fingerprint density at radius 1 is 0.949 bits per heavy atom. The van der Waals surface area contributed by atoms with E-state index in [0.29, 0.717) is 24.2 Å². The van der Waals surface area contributed by atoms with Crippen LogP contribution in [0.4, 0.5) is 22.6 Å². The summed E-state index contributed by atoms with van der Waals surface area (Å²) in [6.07, 6.45) is 3.78. The summed E-state index contributed by atoms with van der Waals surface area (Å²) >= 11 is 0. The van der Waals surface area contributed by atoms with Crippen molar-refractivity contribution >= 4 is 29.9 Å². The maximum Gasteiger partial charge on any atom is 0.414 e. The molecule has 1 fully saturated rings. The van der Waals surface area contributed by atoms with Crippen LogP contribution in [0.3, 0.4) is 0 Å². The molecule has 1 atom stereocenters. The van der Waals surface area contributed by atoms with Crippen molar-refractivity contribution in [2.24, 2.45) is 0 Å². The molecule has 2 heterocycles. The van der Waals surface area contributed by atoms with Crippen molar-refractivity contribution in [3.05, 3.63) is 65.7 Å². The normalized spacial score (nSPS) is 13.8. The fraction of sp³-hybridized carbons (Fsp3) is 0.393. The van der Waals surface area contributed by atoms with Crippen molar-refractivity contribution in [2.75, 3.05) is 49.3 Å². The number of nitrogens with one attached hydrogen (secondary N) is 2. The molecule has 1 aromatic heterocycles. The molecule has 3 N–H and O–H groups in total. The Bertz CT molecular complexity index is 1230. The average molecular weight is 534 g/mol. The Balaban J connectivity index is 1.47. The van der Waals surface area contributed by atoms with Gasteiger partial charge in [0.1, 0.15) is 11.8 Å². The number of nitrogens with zero attached hydrogens (tertiary/aromatic N) is 5. The average Bonchev–Trinajstić information content (AvgIpc) is 2.94. The van der Waals surface area contributed by atoms with Gasteiger partial charge in [-0.1, -0.05) is 42.5 Å². The highest BCUT2D eigenvalue weighted by Crippen LogP contribution is 2.20. The van der Waals surface area contributed by atoms with Crippen molar-refractivity contribution < 1.29 is 19.4 Å². The topological polar surface area (TPSA) is 133 Å².